The highest BCUT2D eigenvalue weighted by atomic mass is 19.1. The number of H-pyrrole nitrogens is 1. The van der Waals surface area contributed by atoms with Gasteiger partial charge in [0.1, 0.15) is 17.8 Å². The van der Waals surface area contributed by atoms with Gasteiger partial charge in [0.25, 0.3) is 5.56 Å². The zero-order chi connectivity index (χ0) is 29.3. The Balaban J connectivity index is 1.35. The predicted octanol–water partition coefficient (Wildman–Crippen LogP) is 3.68. The van der Waals surface area contributed by atoms with Gasteiger partial charge in [-0.2, -0.15) is 4.98 Å². The van der Waals surface area contributed by atoms with Crippen molar-refractivity contribution in [1.29, 1.82) is 0 Å². The van der Waals surface area contributed by atoms with Crippen molar-refractivity contribution in [2.45, 2.75) is 37.1 Å². The number of nitrogens with one attached hydrogen (secondary N) is 2. The highest BCUT2D eigenvalue weighted by Gasteiger charge is 2.48. The van der Waals surface area contributed by atoms with Crippen LogP contribution in [-0.4, -0.2) is 55.5 Å². The molecule has 0 bridgehead atoms. The molecule has 1 aliphatic rings. The molecule has 10 nitrogen and oxygen atoms in total. The summed E-state index contributed by atoms with van der Waals surface area (Å²) in [5.41, 5.74) is 0.755. The van der Waals surface area contributed by atoms with Gasteiger partial charge >= 0.3 is 0 Å². The summed E-state index contributed by atoms with van der Waals surface area (Å²) < 4.78 is 29.7. The molecule has 6 rings (SSSR count). The van der Waals surface area contributed by atoms with E-state index in [1.54, 1.807) is 0 Å². The Morgan fingerprint density at radius 1 is 1.02 bits per heavy atom. The van der Waals surface area contributed by atoms with Crippen LogP contribution in [0.2, 0.25) is 0 Å². The van der Waals surface area contributed by atoms with Crippen LogP contribution in [0.1, 0.15) is 29.8 Å². The number of alkyl halides is 1. The Hall–Kier alpha value is -4.71. The van der Waals surface area contributed by atoms with Gasteiger partial charge in [0.15, 0.2) is 23.6 Å². The van der Waals surface area contributed by atoms with E-state index in [0.29, 0.717) is 0 Å². The summed E-state index contributed by atoms with van der Waals surface area (Å²) in [7, 11) is 0. The SMILES string of the molecule is CC(=O)Nc1nc2c(ncn2[C@@H]2O[C@H](COC(c3ccccc3)(c3ccccc3)c3ccccc3)[C@@H](O)[C@H]2F)c(=O)[nH]1. The van der Waals surface area contributed by atoms with E-state index in [1.165, 1.54) is 17.8 Å². The second kappa shape index (κ2) is 11.3. The van der Waals surface area contributed by atoms with Gasteiger partial charge in [-0.15, -0.1) is 0 Å². The third kappa shape index (κ3) is 4.87. The van der Waals surface area contributed by atoms with Gasteiger partial charge in [0.05, 0.1) is 12.9 Å². The van der Waals surface area contributed by atoms with Gasteiger partial charge in [0.2, 0.25) is 11.9 Å². The number of fused-ring (bicyclic) bond motifs is 1. The van der Waals surface area contributed by atoms with E-state index in [2.05, 4.69) is 20.3 Å². The summed E-state index contributed by atoms with van der Waals surface area (Å²) in [6.07, 6.45) is -4.64. The lowest BCUT2D eigenvalue weighted by molar-refractivity contribution is -0.114. The number of rotatable bonds is 8. The molecule has 214 valence electrons. The number of benzene rings is 3. The number of hydrogen-bond acceptors (Lipinski definition) is 7. The lowest BCUT2D eigenvalue weighted by atomic mass is 9.80. The minimum atomic E-state index is -1.89. The number of nitrogens with zero attached hydrogens (tertiary/aromatic N) is 3. The van der Waals surface area contributed by atoms with E-state index in [4.69, 9.17) is 9.47 Å². The number of anilines is 1. The number of aliphatic hydroxyl groups is 1. The maximum Gasteiger partial charge on any atom is 0.280 e. The third-order valence-corrected chi connectivity index (χ3v) is 7.30. The first-order valence-corrected chi connectivity index (χ1v) is 13.4. The molecule has 11 heteroatoms. The molecule has 1 saturated heterocycles. The molecule has 3 N–H and O–H groups in total. The number of amides is 1. The molecule has 2 aromatic heterocycles. The summed E-state index contributed by atoms with van der Waals surface area (Å²) in [4.78, 5) is 34.7. The fourth-order valence-corrected chi connectivity index (χ4v) is 5.38. The zero-order valence-electron chi connectivity index (χ0n) is 22.6. The fraction of sp³-hybridized carbons (Fsp3) is 0.226. The van der Waals surface area contributed by atoms with Crippen molar-refractivity contribution >= 4 is 23.0 Å². The Kier molecular flexibility index (Phi) is 7.38. The van der Waals surface area contributed by atoms with Gasteiger partial charge in [0, 0.05) is 6.92 Å². The summed E-state index contributed by atoms with van der Waals surface area (Å²) in [5, 5.41) is 13.4. The second-order valence-corrected chi connectivity index (χ2v) is 10.0. The van der Waals surface area contributed by atoms with E-state index in [9.17, 15) is 14.7 Å². The predicted molar refractivity (Wildman–Crippen MR) is 152 cm³/mol. The Morgan fingerprint density at radius 3 is 2.10 bits per heavy atom. The van der Waals surface area contributed by atoms with Crippen molar-refractivity contribution < 1.29 is 23.8 Å². The number of halogens is 1. The molecule has 1 aliphatic heterocycles. The lowest BCUT2D eigenvalue weighted by Crippen LogP contribution is -2.39. The Bertz CT molecular complexity index is 1650. The topological polar surface area (TPSA) is 131 Å². The van der Waals surface area contributed by atoms with Gasteiger partial charge in [-0.25, -0.2) is 9.37 Å². The van der Waals surface area contributed by atoms with Gasteiger partial charge in [-0.3, -0.25) is 24.5 Å². The molecule has 0 unspecified atom stereocenters. The molecule has 1 fully saturated rings. The molecule has 3 heterocycles. The molecule has 5 aromatic rings. The largest absolute Gasteiger partial charge is 0.387 e. The maximum absolute atomic E-state index is 15.7. The summed E-state index contributed by atoms with van der Waals surface area (Å²) in [6.45, 7) is 1.09. The van der Waals surface area contributed by atoms with Crippen LogP contribution in [0, 0.1) is 0 Å². The highest BCUT2D eigenvalue weighted by Crippen LogP contribution is 2.42. The monoisotopic (exact) mass is 569 g/mol. The molecule has 0 aliphatic carbocycles. The Labute approximate surface area is 239 Å². The molecule has 0 radical (unpaired) electrons. The first kappa shape index (κ1) is 27.5. The molecule has 1 amide bonds. The van der Waals surface area contributed by atoms with E-state index < -0.39 is 41.7 Å². The van der Waals surface area contributed by atoms with E-state index >= 15 is 4.39 Å². The van der Waals surface area contributed by atoms with Crippen LogP contribution in [0.3, 0.4) is 0 Å². The van der Waals surface area contributed by atoms with Gasteiger partial charge in [-0.05, 0) is 16.7 Å². The van der Waals surface area contributed by atoms with Crippen molar-refractivity contribution in [3.63, 3.8) is 0 Å². The van der Waals surface area contributed by atoms with E-state index in [1.807, 2.05) is 91.0 Å². The normalized spacial score (nSPS) is 20.5. The fourth-order valence-electron chi connectivity index (χ4n) is 5.38. The summed E-state index contributed by atoms with van der Waals surface area (Å²) in [5.74, 6) is -0.565. The van der Waals surface area contributed by atoms with Crippen LogP contribution >= 0.6 is 0 Å². The standard InChI is InChI=1S/C31H28FN5O5/c1-19(38)34-30-35-27-25(28(40)36-30)33-18-37(27)29-24(32)26(39)23(42-29)17-41-31(20-11-5-2-6-12-20,21-13-7-3-8-14-21)22-15-9-4-10-16-22/h2-16,18,23-24,26,29,39H,17H2,1H3,(H2,34,35,36,38,40)/t23-,24-,26-,29-/m1/s1. The van der Waals surface area contributed by atoms with Crippen LogP contribution in [-0.2, 0) is 19.9 Å². The van der Waals surface area contributed by atoms with Crippen molar-refractivity contribution in [2.75, 3.05) is 11.9 Å². The minimum absolute atomic E-state index is 0.00359. The summed E-state index contributed by atoms with van der Waals surface area (Å²) in [6, 6.07) is 29.0. The van der Waals surface area contributed by atoms with Crippen molar-refractivity contribution in [3.8, 4) is 0 Å². The number of aromatic nitrogens is 4. The second-order valence-electron chi connectivity index (χ2n) is 10.0. The summed E-state index contributed by atoms with van der Waals surface area (Å²) >= 11 is 0. The minimum Gasteiger partial charge on any atom is -0.387 e. The molecule has 4 atom stereocenters. The number of carbonyl (C=O) groups is 1. The Morgan fingerprint density at radius 2 is 1.57 bits per heavy atom. The van der Waals surface area contributed by atoms with Crippen LogP contribution in [0.5, 0.6) is 0 Å². The van der Waals surface area contributed by atoms with Gasteiger partial charge in [-0.1, -0.05) is 91.0 Å². The zero-order valence-corrected chi connectivity index (χ0v) is 22.6. The number of carbonyl (C=O) groups excluding carboxylic acids is 1. The first-order valence-electron chi connectivity index (χ1n) is 13.4. The van der Waals surface area contributed by atoms with E-state index in [0.717, 1.165) is 16.7 Å². The highest BCUT2D eigenvalue weighted by molar-refractivity contribution is 5.87. The smallest absolute Gasteiger partial charge is 0.280 e. The molecule has 0 spiro atoms. The average Bonchev–Trinajstić information content (AvgIpc) is 3.55. The number of hydrogen-bond donors (Lipinski definition) is 3. The van der Waals surface area contributed by atoms with Crippen molar-refractivity contribution in [2.24, 2.45) is 0 Å². The van der Waals surface area contributed by atoms with E-state index in [-0.39, 0.29) is 23.7 Å². The number of imidazole rings is 1. The van der Waals surface area contributed by atoms with Crippen molar-refractivity contribution in [3.05, 3.63) is 124 Å². The van der Waals surface area contributed by atoms with Gasteiger partial charge < -0.3 is 14.6 Å². The quantitative estimate of drug-likeness (QED) is 0.243. The van der Waals surface area contributed by atoms with Crippen LogP contribution in [0.4, 0.5) is 10.3 Å². The maximum atomic E-state index is 15.7. The molecule has 42 heavy (non-hydrogen) atoms. The van der Waals surface area contributed by atoms with Crippen molar-refractivity contribution in [1.82, 2.24) is 19.5 Å². The van der Waals surface area contributed by atoms with Crippen LogP contribution in [0.15, 0.2) is 102 Å². The molecular formula is C31H28FN5O5. The number of aromatic amines is 1. The molecule has 3 aromatic carbocycles. The third-order valence-electron chi connectivity index (χ3n) is 7.30. The number of aliphatic hydroxyl groups excluding tert-OH is 1. The number of ether oxygens (including phenoxy) is 2. The van der Waals surface area contributed by atoms with Crippen LogP contribution < -0.4 is 10.9 Å². The lowest BCUT2D eigenvalue weighted by Gasteiger charge is -2.37. The van der Waals surface area contributed by atoms with Crippen LogP contribution in [0.25, 0.3) is 11.2 Å². The molecular weight excluding hydrogens is 541 g/mol. The first-order chi connectivity index (χ1) is 20.4. The average molecular weight is 570 g/mol. The molecule has 0 saturated carbocycles.